The molecule has 0 aliphatic carbocycles. The highest BCUT2D eigenvalue weighted by atomic mass is 16.5. The molecule has 0 aromatic heterocycles. The van der Waals surface area contributed by atoms with E-state index in [1.165, 1.54) is 36.4 Å². The molecule has 0 atom stereocenters. The molecule has 0 fully saturated rings. The van der Waals surface area contributed by atoms with Gasteiger partial charge < -0.3 is 29.9 Å². The van der Waals surface area contributed by atoms with Gasteiger partial charge in [-0.3, -0.25) is 0 Å². The zero-order valence-electron chi connectivity index (χ0n) is 26.6. The van der Waals surface area contributed by atoms with Crippen LogP contribution in [0.2, 0.25) is 0 Å². The number of rotatable bonds is 10. The van der Waals surface area contributed by atoms with Crippen LogP contribution in [0.1, 0.15) is 37.4 Å². The van der Waals surface area contributed by atoms with E-state index in [2.05, 4.69) is 18.2 Å². The highest BCUT2D eigenvalue weighted by Gasteiger charge is 2.12. The van der Waals surface area contributed by atoms with Crippen LogP contribution in [0.3, 0.4) is 0 Å². The topological polar surface area (TPSA) is 157 Å². The molecular weight excluding hydrogens is 634 g/mol. The lowest BCUT2D eigenvalue weighted by molar-refractivity contribution is 0.0682. The van der Waals surface area contributed by atoms with Gasteiger partial charge in [-0.2, -0.15) is 5.26 Å². The Morgan fingerprint density at radius 1 is 0.540 bits per heavy atom. The molecule has 0 spiro atoms. The summed E-state index contributed by atoms with van der Waals surface area (Å²) in [4.78, 5) is 21.7. The Morgan fingerprint density at radius 2 is 0.980 bits per heavy atom. The van der Waals surface area contributed by atoms with Crippen LogP contribution in [0.4, 0.5) is 0 Å². The molecule has 9 nitrogen and oxygen atoms in total. The Hall–Kier alpha value is -7.05. The van der Waals surface area contributed by atoms with E-state index in [4.69, 9.17) is 19.7 Å². The van der Waals surface area contributed by atoms with Crippen molar-refractivity contribution < 1.29 is 39.5 Å². The molecule has 0 unspecified atom stereocenters. The van der Waals surface area contributed by atoms with Gasteiger partial charge in [0, 0.05) is 12.1 Å². The third kappa shape index (κ3) is 8.85. The molecule has 0 heterocycles. The molecule has 6 aromatic carbocycles. The Morgan fingerprint density at radius 3 is 1.44 bits per heavy atom. The van der Waals surface area contributed by atoms with Gasteiger partial charge in [0.1, 0.15) is 47.3 Å². The SMILES string of the molecule is N#Cc1ccccc1-c1ccc(COc2ccc(C(=O)O)c(O)c2)cc1.O=C(O)c1ccc(OCc2ccc(-c3ccccc3)cc2)cc1O. The fourth-order valence-corrected chi connectivity index (χ4v) is 4.93. The summed E-state index contributed by atoms with van der Waals surface area (Å²) in [6.07, 6.45) is 0. The zero-order valence-corrected chi connectivity index (χ0v) is 26.6. The van der Waals surface area contributed by atoms with Crippen molar-refractivity contribution in [3.05, 3.63) is 167 Å². The molecule has 0 radical (unpaired) electrons. The van der Waals surface area contributed by atoms with E-state index in [-0.39, 0.29) is 29.2 Å². The van der Waals surface area contributed by atoms with Crippen molar-refractivity contribution in [3.8, 4) is 51.3 Å². The second-order valence-corrected chi connectivity index (χ2v) is 11.0. The molecule has 6 rings (SSSR count). The van der Waals surface area contributed by atoms with Gasteiger partial charge in [0.15, 0.2) is 0 Å². The van der Waals surface area contributed by atoms with E-state index in [1.54, 1.807) is 6.07 Å². The first-order chi connectivity index (χ1) is 24.2. The van der Waals surface area contributed by atoms with Crippen molar-refractivity contribution in [1.82, 2.24) is 0 Å². The van der Waals surface area contributed by atoms with Gasteiger partial charge in [-0.1, -0.05) is 97.1 Å². The molecule has 0 saturated carbocycles. The lowest BCUT2D eigenvalue weighted by Crippen LogP contribution is -1.99. The fraction of sp³-hybridized carbons (Fsp3) is 0.0488. The number of benzene rings is 6. The number of carbonyl (C=O) groups is 2. The summed E-state index contributed by atoms with van der Waals surface area (Å²) in [5.74, 6) is -2.20. The summed E-state index contributed by atoms with van der Waals surface area (Å²) >= 11 is 0. The molecule has 0 aliphatic rings. The Bertz CT molecular complexity index is 2140. The number of aromatic hydroxyl groups is 2. The van der Waals surface area contributed by atoms with Gasteiger partial charge in [0.2, 0.25) is 0 Å². The monoisotopic (exact) mass is 665 g/mol. The first kappa shape index (κ1) is 34.3. The minimum Gasteiger partial charge on any atom is -0.507 e. The fourth-order valence-electron chi connectivity index (χ4n) is 4.93. The van der Waals surface area contributed by atoms with Crippen LogP contribution in [-0.2, 0) is 13.2 Å². The third-order valence-electron chi connectivity index (χ3n) is 7.58. The van der Waals surface area contributed by atoms with E-state index in [1.807, 2.05) is 84.9 Å². The quantitative estimate of drug-likeness (QED) is 0.113. The van der Waals surface area contributed by atoms with Gasteiger partial charge in [0.05, 0.1) is 11.6 Å². The van der Waals surface area contributed by atoms with Gasteiger partial charge in [-0.05, 0) is 63.7 Å². The summed E-state index contributed by atoms with van der Waals surface area (Å²) in [6, 6.07) is 43.6. The van der Waals surface area contributed by atoms with Crippen molar-refractivity contribution in [2.45, 2.75) is 13.2 Å². The van der Waals surface area contributed by atoms with Crippen molar-refractivity contribution in [2.24, 2.45) is 0 Å². The number of aromatic carboxylic acids is 2. The maximum atomic E-state index is 10.9. The number of nitrogens with zero attached hydrogens (tertiary/aromatic N) is 1. The standard InChI is InChI=1S/C21H15NO4.C20H16O4/c22-12-16-3-1-2-4-18(16)15-7-5-14(6-8-15)13-26-17-9-10-19(21(24)25)20(23)11-17;21-19-12-17(10-11-18(19)20(22)23)24-13-14-6-8-16(9-7-14)15-4-2-1-3-5-15/h1-11,23H,13H2,(H,24,25);1-12,21H,13H2,(H,22,23). The van der Waals surface area contributed by atoms with Gasteiger partial charge in [0.25, 0.3) is 0 Å². The Labute approximate surface area is 288 Å². The van der Waals surface area contributed by atoms with Crippen molar-refractivity contribution in [2.75, 3.05) is 0 Å². The molecule has 0 amide bonds. The van der Waals surface area contributed by atoms with Crippen LogP contribution < -0.4 is 9.47 Å². The molecule has 6 aromatic rings. The van der Waals surface area contributed by atoms with E-state index in [0.717, 1.165) is 33.4 Å². The lowest BCUT2D eigenvalue weighted by atomic mass is 9.99. The second kappa shape index (κ2) is 16.2. The predicted molar refractivity (Wildman–Crippen MR) is 187 cm³/mol. The number of carboxylic acid groups (broad SMARTS) is 2. The maximum absolute atomic E-state index is 10.9. The molecule has 50 heavy (non-hydrogen) atoms. The summed E-state index contributed by atoms with van der Waals surface area (Å²) in [7, 11) is 0. The highest BCUT2D eigenvalue weighted by molar-refractivity contribution is 5.91. The Kier molecular flexibility index (Phi) is 11.1. The van der Waals surface area contributed by atoms with Gasteiger partial charge >= 0.3 is 11.9 Å². The minimum absolute atomic E-state index is 0.144. The second-order valence-electron chi connectivity index (χ2n) is 11.0. The largest absolute Gasteiger partial charge is 0.507 e. The maximum Gasteiger partial charge on any atom is 0.339 e. The predicted octanol–water partition coefficient (Wildman–Crippen LogP) is 8.54. The summed E-state index contributed by atoms with van der Waals surface area (Å²) < 4.78 is 11.2. The van der Waals surface area contributed by atoms with Crippen LogP contribution in [-0.4, -0.2) is 32.4 Å². The highest BCUT2D eigenvalue weighted by Crippen LogP contribution is 2.27. The first-order valence-electron chi connectivity index (χ1n) is 15.3. The number of hydrogen-bond donors (Lipinski definition) is 4. The molecule has 0 aliphatic heterocycles. The van der Waals surface area contributed by atoms with Crippen LogP contribution in [0.15, 0.2) is 140 Å². The van der Waals surface area contributed by atoms with Crippen LogP contribution in [0.5, 0.6) is 23.0 Å². The summed E-state index contributed by atoms with van der Waals surface area (Å²) in [6.45, 7) is 0.604. The average molecular weight is 666 g/mol. The van der Waals surface area contributed by atoms with Gasteiger partial charge in [-0.15, -0.1) is 0 Å². The molecule has 0 bridgehead atoms. The number of phenols is 2. The lowest BCUT2D eigenvalue weighted by Gasteiger charge is -2.09. The summed E-state index contributed by atoms with van der Waals surface area (Å²) in [5, 5.41) is 46.3. The van der Waals surface area contributed by atoms with Crippen molar-refractivity contribution in [1.29, 1.82) is 5.26 Å². The zero-order chi connectivity index (χ0) is 35.5. The smallest absolute Gasteiger partial charge is 0.339 e. The molecule has 0 saturated heterocycles. The summed E-state index contributed by atoms with van der Waals surface area (Å²) in [5.41, 5.74) is 6.28. The van der Waals surface area contributed by atoms with E-state index in [9.17, 15) is 25.1 Å². The van der Waals surface area contributed by atoms with Crippen molar-refractivity contribution in [3.63, 3.8) is 0 Å². The molecule has 248 valence electrons. The molecule has 9 heteroatoms. The Balaban J connectivity index is 0.000000195. The first-order valence-corrected chi connectivity index (χ1v) is 15.3. The number of carboxylic acids is 2. The van der Waals surface area contributed by atoms with Gasteiger partial charge in [-0.25, -0.2) is 9.59 Å². The minimum atomic E-state index is -1.19. The normalized spacial score (nSPS) is 10.2. The van der Waals surface area contributed by atoms with Crippen LogP contribution in [0.25, 0.3) is 22.3 Å². The van der Waals surface area contributed by atoms with E-state index < -0.39 is 11.9 Å². The third-order valence-corrected chi connectivity index (χ3v) is 7.58. The average Bonchev–Trinajstić information content (AvgIpc) is 3.14. The van der Waals surface area contributed by atoms with Crippen LogP contribution >= 0.6 is 0 Å². The van der Waals surface area contributed by atoms with E-state index in [0.29, 0.717) is 23.7 Å². The number of ether oxygens (including phenoxy) is 2. The van der Waals surface area contributed by atoms with Crippen LogP contribution in [0, 0.1) is 11.3 Å². The number of nitriles is 1. The van der Waals surface area contributed by atoms with Crippen molar-refractivity contribution >= 4 is 11.9 Å². The molecule has 4 N–H and O–H groups in total. The van der Waals surface area contributed by atoms with E-state index >= 15 is 0 Å². The number of hydrogen-bond acceptors (Lipinski definition) is 7. The molecular formula is C41H31NO8.